The van der Waals surface area contributed by atoms with Gasteiger partial charge in [-0.1, -0.05) is 67.8 Å². The summed E-state index contributed by atoms with van der Waals surface area (Å²) in [7, 11) is 1.57. The number of hydrogen-bond acceptors (Lipinski definition) is 7. The van der Waals surface area contributed by atoms with Crippen molar-refractivity contribution in [3.8, 4) is 5.75 Å². The van der Waals surface area contributed by atoms with Crippen LogP contribution in [0.5, 0.6) is 5.75 Å². The van der Waals surface area contributed by atoms with Crippen molar-refractivity contribution >= 4 is 40.6 Å². The van der Waals surface area contributed by atoms with Crippen molar-refractivity contribution < 1.29 is 19.1 Å². The molecule has 0 bridgehead atoms. The van der Waals surface area contributed by atoms with E-state index in [1.165, 1.54) is 4.90 Å². The molecule has 9 nitrogen and oxygen atoms in total. The summed E-state index contributed by atoms with van der Waals surface area (Å²) in [5.41, 5.74) is 10.7. The van der Waals surface area contributed by atoms with Crippen LogP contribution < -0.4 is 26.0 Å². The van der Waals surface area contributed by atoms with Gasteiger partial charge in [-0.25, -0.2) is 0 Å². The molecule has 1 aliphatic rings. The van der Waals surface area contributed by atoms with Gasteiger partial charge >= 0.3 is 0 Å². The van der Waals surface area contributed by atoms with Crippen molar-refractivity contribution in [1.82, 2.24) is 15.0 Å². The molecular weight excluding hydrogens is 598 g/mol. The lowest BCUT2D eigenvalue weighted by Gasteiger charge is -2.32. The van der Waals surface area contributed by atoms with E-state index < -0.39 is 11.9 Å². The number of nitrogens with one attached hydrogen (secondary N) is 2. The predicted octanol–water partition coefficient (Wildman–Crippen LogP) is 6.16. The van der Waals surface area contributed by atoms with Crippen LogP contribution in [0, 0.1) is 13.8 Å². The number of benzene rings is 3. The summed E-state index contributed by atoms with van der Waals surface area (Å²) in [6, 6.07) is 21.6. The molecule has 10 heteroatoms. The lowest BCUT2D eigenvalue weighted by molar-refractivity contribution is -0.122. The Bertz CT molecular complexity index is 1670. The van der Waals surface area contributed by atoms with Gasteiger partial charge in [0.2, 0.25) is 5.91 Å². The highest BCUT2D eigenvalue weighted by Crippen LogP contribution is 2.35. The van der Waals surface area contributed by atoms with E-state index >= 15 is 0 Å². The molecule has 46 heavy (non-hydrogen) atoms. The minimum atomic E-state index is -1.06. The first-order valence-corrected chi connectivity index (χ1v) is 16.5. The molecule has 3 amide bonds. The third-order valence-corrected chi connectivity index (χ3v) is 9.41. The van der Waals surface area contributed by atoms with Crippen LogP contribution in [-0.4, -0.2) is 41.8 Å². The Kier molecular flexibility index (Phi) is 10.7. The summed E-state index contributed by atoms with van der Waals surface area (Å²) >= 11 is 0.872. The van der Waals surface area contributed by atoms with Crippen molar-refractivity contribution in [3.05, 3.63) is 106 Å². The summed E-state index contributed by atoms with van der Waals surface area (Å²) in [5, 5.41) is 6.09. The van der Waals surface area contributed by atoms with Gasteiger partial charge in [-0.3, -0.25) is 19.3 Å². The number of carbonyl (C=O) groups excluding carboxylic acids is 3. The standard InChI is InChI=1S/C36H41N5O4S/c1-23-14-17-28(22-24(23)2)41(36(44)33-30(37)31(40-46-33)34(42)39-27-12-8-5-9-13-27)32(26-15-18-29(45-3)19-16-26)35(43)38-21-20-25-10-6-4-7-11-25/h4,6-7,10-11,14-19,22,27,32H,5,8-9,12-13,20-21,37H2,1-3H3,(H,38,43)(H,39,42)/t32-/m0/s1. The van der Waals surface area contributed by atoms with E-state index in [-0.39, 0.29) is 34.1 Å². The molecule has 5 rings (SSSR count). The van der Waals surface area contributed by atoms with Crippen molar-refractivity contribution in [2.24, 2.45) is 0 Å². The van der Waals surface area contributed by atoms with Crippen LogP contribution in [0.4, 0.5) is 11.4 Å². The van der Waals surface area contributed by atoms with Crippen LogP contribution in [0.3, 0.4) is 0 Å². The van der Waals surface area contributed by atoms with Gasteiger partial charge < -0.3 is 21.1 Å². The zero-order valence-corrected chi connectivity index (χ0v) is 27.4. The summed E-state index contributed by atoms with van der Waals surface area (Å²) in [6.07, 6.45) is 5.73. The van der Waals surface area contributed by atoms with Gasteiger partial charge in [0, 0.05) is 18.3 Å². The Hall–Kier alpha value is -4.70. The predicted molar refractivity (Wildman–Crippen MR) is 182 cm³/mol. The lowest BCUT2D eigenvalue weighted by atomic mass is 9.95. The topological polar surface area (TPSA) is 127 Å². The van der Waals surface area contributed by atoms with Crippen LogP contribution in [0.25, 0.3) is 0 Å². The van der Waals surface area contributed by atoms with Crippen LogP contribution in [0.15, 0.2) is 72.8 Å². The van der Waals surface area contributed by atoms with Gasteiger partial charge in [0.1, 0.15) is 16.7 Å². The third-order valence-electron chi connectivity index (χ3n) is 8.56. The molecule has 3 aromatic carbocycles. The average molecular weight is 640 g/mol. The Balaban J connectivity index is 1.52. The molecule has 1 aromatic heterocycles. The maximum absolute atomic E-state index is 14.6. The average Bonchev–Trinajstić information content (AvgIpc) is 3.47. The smallest absolute Gasteiger partial charge is 0.273 e. The lowest BCUT2D eigenvalue weighted by Crippen LogP contribution is -2.44. The second-order valence-electron chi connectivity index (χ2n) is 11.7. The molecule has 1 atom stereocenters. The van der Waals surface area contributed by atoms with Crippen LogP contribution in [0.2, 0.25) is 0 Å². The number of carbonyl (C=O) groups is 3. The largest absolute Gasteiger partial charge is 0.497 e. The number of anilines is 2. The number of rotatable bonds is 11. The molecule has 4 N–H and O–H groups in total. The number of aromatic nitrogens is 1. The summed E-state index contributed by atoms with van der Waals surface area (Å²) in [5.74, 6) is -0.640. The summed E-state index contributed by atoms with van der Waals surface area (Å²) < 4.78 is 9.70. The van der Waals surface area contributed by atoms with E-state index in [4.69, 9.17) is 10.5 Å². The van der Waals surface area contributed by atoms with E-state index in [0.29, 0.717) is 30.0 Å². The van der Waals surface area contributed by atoms with E-state index in [9.17, 15) is 14.4 Å². The number of ether oxygens (including phenoxy) is 1. The van der Waals surface area contributed by atoms with Gasteiger partial charge in [0.05, 0.1) is 12.8 Å². The monoisotopic (exact) mass is 639 g/mol. The highest BCUT2D eigenvalue weighted by Gasteiger charge is 2.36. The molecule has 0 spiro atoms. The first-order chi connectivity index (χ1) is 22.3. The Morgan fingerprint density at radius 3 is 2.37 bits per heavy atom. The zero-order chi connectivity index (χ0) is 32.6. The second kappa shape index (κ2) is 15.1. The second-order valence-corrected chi connectivity index (χ2v) is 12.5. The molecule has 0 radical (unpaired) electrons. The van der Waals surface area contributed by atoms with Crippen LogP contribution >= 0.6 is 11.5 Å². The number of nitrogens with zero attached hydrogens (tertiary/aromatic N) is 2. The maximum Gasteiger partial charge on any atom is 0.273 e. The van der Waals surface area contributed by atoms with Crippen LogP contribution in [-0.2, 0) is 11.2 Å². The molecule has 1 aliphatic carbocycles. The first kappa shape index (κ1) is 32.7. The van der Waals surface area contributed by atoms with Gasteiger partial charge in [0.25, 0.3) is 11.8 Å². The van der Waals surface area contributed by atoms with Crippen molar-refractivity contribution in [3.63, 3.8) is 0 Å². The maximum atomic E-state index is 14.6. The van der Waals surface area contributed by atoms with E-state index in [1.54, 1.807) is 31.4 Å². The number of aryl methyl sites for hydroxylation is 2. The Labute approximate surface area is 274 Å². The minimum absolute atomic E-state index is 0.00936. The minimum Gasteiger partial charge on any atom is -0.497 e. The Morgan fingerprint density at radius 2 is 1.70 bits per heavy atom. The highest BCUT2D eigenvalue weighted by atomic mass is 32.1. The van der Waals surface area contributed by atoms with E-state index in [1.807, 2.05) is 62.4 Å². The summed E-state index contributed by atoms with van der Waals surface area (Å²) in [4.78, 5) is 43.5. The Morgan fingerprint density at radius 1 is 0.978 bits per heavy atom. The molecule has 0 aliphatic heterocycles. The van der Waals surface area contributed by atoms with Crippen LogP contribution in [0.1, 0.15) is 80.6 Å². The molecule has 1 heterocycles. The van der Waals surface area contributed by atoms with Gasteiger partial charge in [-0.15, -0.1) is 0 Å². The highest BCUT2D eigenvalue weighted by molar-refractivity contribution is 7.09. The molecule has 0 saturated heterocycles. The fourth-order valence-electron chi connectivity index (χ4n) is 5.76. The van der Waals surface area contributed by atoms with Crippen molar-refractivity contribution in [2.75, 3.05) is 24.3 Å². The fraction of sp³-hybridized carbons (Fsp3) is 0.333. The summed E-state index contributed by atoms with van der Waals surface area (Å²) in [6.45, 7) is 4.32. The molecule has 1 saturated carbocycles. The first-order valence-electron chi connectivity index (χ1n) is 15.7. The molecule has 4 aromatic rings. The van der Waals surface area contributed by atoms with Crippen molar-refractivity contribution in [1.29, 1.82) is 0 Å². The molecule has 240 valence electrons. The van der Waals surface area contributed by atoms with Crippen molar-refractivity contribution in [2.45, 2.75) is 64.5 Å². The van der Waals surface area contributed by atoms with Gasteiger partial charge in [-0.2, -0.15) is 4.37 Å². The number of methoxy groups -OCH3 is 1. The number of nitrogens with two attached hydrogens (primary N) is 1. The number of nitrogen functional groups attached to an aromatic ring is 1. The zero-order valence-electron chi connectivity index (χ0n) is 26.5. The third kappa shape index (κ3) is 7.56. The molecular formula is C36H41N5O4S. The van der Waals surface area contributed by atoms with E-state index in [0.717, 1.165) is 60.3 Å². The number of hydrogen-bond donors (Lipinski definition) is 3. The molecule has 1 fully saturated rings. The SMILES string of the molecule is COc1ccc([C@@H](C(=O)NCCc2ccccc2)N(C(=O)c2snc(C(=O)NC3CCCCC3)c2N)c2ccc(C)c(C)c2)cc1. The van der Waals surface area contributed by atoms with Gasteiger partial charge in [0.15, 0.2) is 5.69 Å². The quantitative estimate of drug-likeness (QED) is 0.180. The normalized spacial score (nSPS) is 13.9. The number of amides is 3. The van der Waals surface area contributed by atoms with E-state index in [2.05, 4.69) is 15.0 Å². The molecule has 0 unspecified atom stereocenters. The van der Waals surface area contributed by atoms with Gasteiger partial charge in [-0.05, 0) is 91.2 Å². The fourth-order valence-corrected chi connectivity index (χ4v) is 6.49.